The van der Waals surface area contributed by atoms with Gasteiger partial charge in [-0.15, -0.1) is 0 Å². The standard InChI is InChI=1S/C14H26N2O3/c1-4-10-8-6-7-9-11(10)15-13(19)16-14(3,5-2)12(17)18/h10-11H,4-9H2,1-3H3,(H,17,18)(H2,15,16,19). The highest BCUT2D eigenvalue weighted by Crippen LogP contribution is 2.26. The minimum absolute atomic E-state index is 0.175. The molecule has 0 heterocycles. The number of carboxylic acids is 1. The molecule has 0 spiro atoms. The number of aliphatic carboxylic acids is 1. The van der Waals surface area contributed by atoms with E-state index in [-0.39, 0.29) is 12.1 Å². The van der Waals surface area contributed by atoms with Gasteiger partial charge in [0.05, 0.1) is 0 Å². The molecule has 0 aromatic heterocycles. The van der Waals surface area contributed by atoms with Crippen molar-refractivity contribution in [2.75, 3.05) is 0 Å². The summed E-state index contributed by atoms with van der Waals surface area (Å²) in [5.41, 5.74) is -1.19. The van der Waals surface area contributed by atoms with Crippen molar-refractivity contribution >= 4 is 12.0 Å². The molecule has 0 saturated heterocycles. The molecule has 2 amide bonds. The van der Waals surface area contributed by atoms with Crippen LogP contribution in [-0.4, -0.2) is 28.7 Å². The molecule has 0 bridgehead atoms. The predicted molar refractivity (Wildman–Crippen MR) is 74.0 cm³/mol. The van der Waals surface area contributed by atoms with Crippen molar-refractivity contribution in [1.82, 2.24) is 10.6 Å². The SMILES string of the molecule is CCC1CCCCC1NC(=O)NC(C)(CC)C(=O)O. The van der Waals surface area contributed by atoms with Crippen LogP contribution >= 0.6 is 0 Å². The third-order valence-corrected chi connectivity index (χ3v) is 4.32. The first-order valence-corrected chi connectivity index (χ1v) is 7.25. The van der Waals surface area contributed by atoms with Crippen LogP contribution in [0.4, 0.5) is 4.79 Å². The zero-order chi connectivity index (χ0) is 14.5. The maximum absolute atomic E-state index is 12.0. The number of hydrogen-bond donors (Lipinski definition) is 3. The van der Waals surface area contributed by atoms with E-state index in [0.29, 0.717) is 12.3 Å². The van der Waals surface area contributed by atoms with Crippen molar-refractivity contribution in [3.63, 3.8) is 0 Å². The Morgan fingerprint density at radius 3 is 2.42 bits per heavy atom. The first-order valence-electron chi connectivity index (χ1n) is 7.25. The van der Waals surface area contributed by atoms with Gasteiger partial charge in [0.1, 0.15) is 5.54 Å². The minimum Gasteiger partial charge on any atom is -0.480 e. The lowest BCUT2D eigenvalue weighted by Crippen LogP contribution is -2.57. The fraction of sp³-hybridized carbons (Fsp3) is 0.857. The van der Waals surface area contributed by atoms with Gasteiger partial charge in [0, 0.05) is 6.04 Å². The zero-order valence-corrected chi connectivity index (χ0v) is 12.2. The van der Waals surface area contributed by atoms with Crippen LogP contribution in [0.5, 0.6) is 0 Å². The second kappa shape index (κ2) is 6.78. The van der Waals surface area contributed by atoms with Crippen LogP contribution < -0.4 is 10.6 Å². The molecule has 5 heteroatoms. The van der Waals surface area contributed by atoms with Crippen molar-refractivity contribution in [2.45, 2.75) is 70.9 Å². The molecule has 5 nitrogen and oxygen atoms in total. The molecular weight excluding hydrogens is 244 g/mol. The highest BCUT2D eigenvalue weighted by atomic mass is 16.4. The van der Waals surface area contributed by atoms with Crippen molar-refractivity contribution in [3.05, 3.63) is 0 Å². The molecule has 3 atom stereocenters. The van der Waals surface area contributed by atoms with Crippen LogP contribution in [-0.2, 0) is 4.79 Å². The molecule has 1 aliphatic carbocycles. The maximum Gasteiger partial charge on any atom is 0.329 e. The van der Waals surface area contributed by atoms with Crippen LogP contribution in [0.2, 0.25) is 0 Å². The fourth-order valence-corrected chi connectivity index (χ4v) is 2.63. The van der Waals surface area contributed by atoms with Crippen molar-refractivity contribution in [1.29, 1.82) is 0 Å². The van der Waals surface area contributed by atoms with Gasteiger partial charge in [0.2, 0.25) is 0 Å². The van der Waals surface area contributed by atoms with E-state index in [1.165, 1.54) is 13.3 Å². The van der Waals surface area contributed by atoms with Crippen molar-refractivity contribution in [3.8, 4) is 0 Å². The third kappa shape index (κ3) is 4.11. The Morgan fingerprint density at radius 1 is 1.26 bits per heavy atom. The number of amides is 2. The molecule has 3 unspecified atom stereocenters. The van der Waals surface area contributed by atoms with E-state index in [0.717, 1.165) is 25.7 Å². The van der Waals surface area contributed by atoms with Crippen LogP contribution in [0.15, 0.2) is 0 Å². The van der Waals surface area contributed by atoms with Crippen LogP contribution in [0.25, 0.3) is 0 Å². The summed E-state index contributed by atoms with van der Waals surface area (Å²) >= 11 is 0. The number of urea groups is 1. The number of carbonyl (C=O) groups excluding carboxylic acids is 1. The van der Waals surface area contributed by atoms with Crippen LogP contribution in [0, 0.1) is 5.92 Å². The molecule has 0 aliphatic heterocycles. The van der Waals surface area contributed by atoms with Gasteiger partial charge in [-0.3, -0.25) is 0 Å². The molecule has 1 fully saturated rings. The number of carbonyl (C=O) groups is 2. The quantitative estimate of drug-likeness (QED) is 0.718. The highest BCUT2D eigenvalue weighted by molar-refractivity contribution is 5.85. The zero-order valence-electron chi connectivity index (χ0n) is 12.2. The molecular formula is C14H26N2O3. The highest BCUT2D eigenvalue weighted by Gasteiger charge is 2.34. The summed E-state index contributed by atoms with van der Waals surface area (Å²) in [5, 5.41) is 14.7. The van der Waals surface area contributed by atoms with E-state index in [1.54, 1.807) is 6.92 Å². The molecule has 0 aromatic rings. The Balaban J connectivity index is 2.56. The number of rotatable bonds is 5. The van der Waals surface area contributed by atoms with E-state index in [4.69, 9.17) is 5.11 Å². The summed E-state index contributed by atoms with van der Waals surface area (Å²) in [6.07, 6.45) is 5.89. The van der Waals surface area contributed by atoms with Gasteiger partial charge in [-0.25, -0.2) is 9.59 Å². The average Bonchev–Trinajstić information content (AvgIpc) is 2.38. The van der Waals surface area contributed by atoms with E-state index in [2.05, 4.69) is 17.6 Å². The van der Waals surface area contributed by atoms with E-state index < -0.39 is 11.5 Å². The van der Waals surface area contributed by atoms with Crippen molar-refractivity contribution < 1.29 is 14.7 Å². The molecule has 0 aromatic carbocycles. The van der Waals surface area contributed by atoms with Gasteiger partial charge in [-0.1, -0.05) is 33.1 Å². The van der Waals surface area contributed by atoms with E-state index >= 15 is 0 Å². The van der Waals surface area contributed by atoms with Crippen LogP contribution in [0.3, 0.4) is 0 Å². The maximum atomic E-state index is 12.0. The normalized spacial score (nSPS) is 26.3. The molecule has 3 N–H and O–H groups in total. The summed E-state index contributed by atoms with van der Waals surface area (Å²) in [6, 6.07) is -0.189. The van der Waals surface area contributed by atoms with Gasteiger partial charge < -0.3 is 15.7 Å². The summed E-state index contributed by atoms with van der Waals surface area (Å²) in [5.74, 6) is -0.488. The third-order valence-electron chi connectivity index (χ3n) is 4.32. The number of carboxylic acid groups (broad SMARTS) is 1. The Kier molecular flexibility index (Phi) is 5.63. The smallest absolute Gasteiger partial charge is 0.329 e. The summed E-state index contributed by atoms with van der Waals surface area (Å²) < 4.78 is 0. The van der Waals surface area contributed by atoms with E-state index in [9.17, 15) is 9.59 Å². The van der Waals surface area contributed by atoms with Crippen molar-refractivity contribution in [2.24, 2.45) is 5.92 Å². The predicted octanol–water partition coefficient (Wildman–Crippen LogP) is 2.51. The van der Waals surface area contributed by atoms with Crippen LogP contribution in [0.1, 0.15) is 59.3 Å². The summed E-state index contributed by atoms with van der Waals surface area (Å²) in [4.78, 5) is 23.1. The molecule has 110 valence electrons. The summed E-state index contributed by atoms with van der Waals surface area (Å²) in [6.45, 7) is 5.42. The first kappa shape index (κ1) is 15.8. The molecule has 19 heavy (non-hydrogen) atoms. The average molecular weight is 270 g/mol. The monoisotopic (exact) mass is 270 g/mol. The second-order valence-electron chi connectivity index (χ2n) is 5.65. The Labute approximate surface area is 115 Å². The number of nitrogens with one attached hydrogen (secondary N) is 2. The largest absolute Gasteiger partial charge is 0.480 e. The lowest BCUT2D eigenvalue weighted by atomic mass is 9.83. The molecule has 1 rings (SSSR count). The van der Waals surface area contributed by atoms with E-state index in [1.807, 2.05) is 0 Å². The number of hydrogen-bond acceptors (Lipinski definition) is 2. The first-order chi connectivity index (χ1) is 8.92. The summed E-state index contributed by atoms with van der Waals surface area (Å²) in [7, 11) is 0. The van der Waals surface area contributed by atoms with Gasteiger partial charge in [-0.05, 0) is 32.1 Å². The van der Waals surface area contributed by atoms with Gasteiger partial charge in [0.15, 0.2) is 0 Å². The Bertz CT molecular complexity index is 333. The lowest BCUT2D eigenvalue weighted by Gasteiger charge is -2.33. The topological polar surface area (TPSA) is 78.4 Å². The Hall–Kier alpha value is -1.26. The minimum atomic E-state index is -1.19. The lowest BCUT2D eigenvalue weighted by molar-refractivity contribution is -0.143. The van der Waals surface area contributed by atoms with Gasteiger partial charge >= 0.3 is 12.0 Å². The molecule has 1 aliphatic rings. The second-order valence-corrected chi connectivity index (χ2v) is 5.65. The van der Waals surface area contributed by atoms with Gasteiger partial charge in [-0.2, -0.15) is 0 Å². The van der Waals surface area contributed by atoms with Gasteiger partial charge in [0.25, 0.3) is 0 Å². The Morgan fingerprint density at radius 2 is 1.89 bits per heavy atom. The molecule has 0 radical (unpaired) electrons. The fourth-order valence-electron chi connectivity index (χ4n) is 2.63. The molecule has 1 saturated carbocycles.